The number of morpholine rings is 1. The van der Waals surface area contributed by atoms with Crippen LogP contribution < -0.4 is 9.47 Å². The smallest absolute Gasteiger partial charge is 0.289 e. The van der Waals surface area contributed by atoms with Crippen LogP contribution in [0.15, 0.2) is 41.0 Å². The summed E-state index contributed by atoms with van der Waals surface area (Å²) >= 11 is 0. The maximum Gasteiger partial charge on any atom is 0.289 e. The van der Waals surface area contributed by atoms with Gasteiger partial charge in [-0.1, -0.05) is 6.07 Å². The highest BCUT2D eigenvalue weighted by molar-refractivity contribution is 5.93. The van der Waals surface area contributed by atoms with Gasteiger partial charge in [-0.15, -0.1) is 0 Å². The Hall–Kier alpha value is -3.00. The molecule has 30 heavy (non-hydrogen) atoms. The third kappa shape index (κ3) is 3.87. The van der Waals surface area contributed by atoms with Crippen LogP contribution in [0, 0.1) is 5.92 Å². The lowest BCUT2D eigenvalue weighted by Crippen LogP contribution is -2.45. The quantitative estimate of drug-likeness (QED) is 0.745. The van der Waals surface area contributed by atoms with Gasteiger partial charge >= 0.3 is 0 Å². The predicted molar refractivity (Wildman–Crippen MR) is 108 cm³/mol. The summed E-state index contributed by atoms with van der Waals surface area (Å²) in [5.74, 6) is 0.851. The second-order valence-electron chi connectivity index (χ2n) is 7.45. The number of likely N-dealkylation sites (tertiary alicyclic amines) is 1. The fraction of sp³-hybridized carbons (Fsp3) is 0.455. The topological polar surface area (TPSA) is 81.5 Å². The zero-order valence-corrected chi connectivity index (χ0v) is 17.2. The van der Waals surface area contributed by atoms with Crippen LogP contribution in [0.2, 0.25) is 0 Å². The van der Waals surface area contributed by atoms with Crippen molar-refractivity contribution in [3.8, 4) is 11.5 Å². The van der Waals surface area contributed by atoms with E-state index in [1.807, 2.05) is 23.1 Å². The van der Waals surface area contributed by atoms with E-state index in [9.17, 15) is 9.59 Å². The third-order valence-electron chi connectivity index (χ3n) is 5.82. The molecule has 2 saturated heterocycles. The molecular weight excluding hydrogens is 388 g/mol. The summed E-state index contributed by atoms with van der Waals surface area (Å²) in [5, 5.41) is 0. The number of ether oxygens (including phenoxy) is 3. The van der Waals surface area contributed by atoms with Gasteiger partial charge in [-0.05, 0) is 18.2 Å². The fourth-order valence-corrected chi connectivity index (χ4v) is 4.23. The minimum atomic E-state index is -0.371. The van der Waals surface area contributed by atoms with Crippen LogP contribution in [0.1, 0.15) is 22.0 Å². The molecular formula is C22H26N2O6. The van der Waals surface area contributed by atoms with Crippen LogP contribution in [0.5, 0.6) is 11.5 Å². The maximum atomic E-state index is 13.4. The van der Waals surface area contributed by atoms with Crippen molar-refractivity contribution in [3.05, 3.63) is 47.9 Å². The highest BCUT2D eigenvalue weighted by Crippen LogP contribution is 2.40. The van der Waals surface area contributed by atoms with Gasteiger partial charge < -0.3 is 28.4 Å². The van der Waals surface area contributed by atoms with Crippen molar-refractivity contribution in [2.24, 2.45) is 5.92 Å². The maximum absolute atomic E-state index is 13.4. The second-order valence-corrected chi connectivity index (χ2v) is 7.45. The molecule has 160 valence electrons. The Labute approximate surface area is 175 Å². The van der Waals surface area contributed by atoms with Gasteiger partial charge in [0.05, 0.1) is 39.6 Å². The highest BCUT2D eigenvalue weighted by Gasteiger charge is 2.44. The summed E-state index contributed by atoms with van der Waals surface area (Å²) in [6, 6.07) is 8.91. The molecule has 4 rings (SSSR count). The molecule has 0 spiro atoms. The summed E-state index contributed by atoms with van der Waals surface area (Å²) in [4.78, 5) is 29.8. The van der Waals surface area contributed by atoms with Gasteiger partial charge in [-0.25, -0.2) is 0 Å². The number of hydrogen-bond acceptors (Lipinski definition) is 6. The van der Waals surface area contributed by atoms with Crippen molar-refractivity contribution in [3.63, 3.8) is 0 Å². The minimum absolute atomic E-state index is 0.0379. The number of carbonyl (C=O) groups is 2. The molecule has 2 atom stereocenters. The number of nitrogens with zero attached hydrogens (tertiary/aromatic N) is 2. The number of rotatable bonds is 5. The lowest BCUT2D eigenvalue weighted by molar-refractivity contribution is -0.139. The summed E-state index contributed by atoms with van der Waals surface area (Å²) in [7, 11) is 3.19. The Morgan fingerprint density at radius 1 is 1.03 bits per heavy atom. The summed E-state index contributed by atoms with van der Waals surface area (Å²) in [5.41, 5.74) is 0.889. The molecule has 8 heteroatoms. The van der Waals surface area contributed by atoms with Gasteiger partial charge in [-0.3, -0.25) is 9.59 Å². The average molecular weight is 414 g/mol. The van der Waals surface area contributed by atoms with E-state index in [1.54, 1.807) is 31.3 Å². The van der Waals surface area contributed by atoms with Crippen LogP contribution in [0.3, 0.4) is 0 Å². The van der Waals surface area contributed by atoms with E-state index >= 15 is 0 Å². The van der Waals surface area contributed by atoms with Crippen molar-refractivity contribution in [2.75, 3.05) is 53.6 Å². The number of amides is 2. The Morgan fingerprint density at radius 3 is 2.50 bits per heavy atom. The molecule has 0 radical (unpaired) electrons. The molecule has 2 aromatic rings. The summed E-state index contributed by atoms with van der Waals surface area (Å²) < 4.78 is 21.6. The first-order valence-corrected chi connectivity index (χ1v) is 10.0. The third-order valence-corrected chi connectivity index (χ3v) is 5.82. The standard InChI is InChI=1S/C22H26N2O6/c1-27-15-5-6-16(20(12-15)28-2)17-13-24(22(26)19-4-3-9-30-19)14-18(17)21(25)23-7-10-29-11-8-23/h3-6,9,12,17-18H,7-8,10-11,13-14H2,1-2H3/t17-,18+/m0/s1. The first kappa shape index (κ1) is 20.3. The highest BCUT2D eigenvalue weighted by atomic mass is 16.5. The van der Waals surface area contributed by atoms with Gasteiger partial charge in [0.1, 0.15) is 11.5 Å². The Kier molecular flexibility index (Phi) is 5.94. The predicted octanol–water partition coefficient (Wildman–Crippen LogP) is 2.01. The van der Waals surface area contributed by atoms with E-state index in [-0.39, 0.29) is 29.4 Å². The van der Waals surface area contributed by atoms with E-state index in [0.29, 0.717) is 50.9 Å². The number of benzene rings is 1. The number of furan rings is 1. The average Bonchev–Trinajstić information content (AvgIpc) is 3.49. The van der Waals surface area contributed by atoms with E-state index in [0.717, 1.165) is 5.56 Å². The largest absolute Gasteiger partial charge is 0.497 e. The number of methoxy groups -OCH3 is 2. The van der Waals surface area contributed by atoms with Gasteiger partial charge in [0.25, 0.3) is 5.91 Å². The first-order chi connectivity index (χ1) is 14.6. The fourth-order valence-electron chi connectivity index (χ4n) is 4.23. The molecule has 0 bridgehead atoms. The summed E-state index contributed by atoms with van der Waals surface area (Å²) in [6.45, 7) is 2.93. The molecule has 2 aliphatic heterocycles. The van der Waals surface area contributed by atoms with E-state index in [1.165, 1.54) is 6.26 Å². The van der Waals surface area contributed by atoms with Crippen molar-refractivity contribution >= 4 is 11.8 Å². The Balaban J connectivity index is 1.65. The normalized spacial score (nSPS) is 21.5. The van der Waals surface area contributed by atoms with Crippen molar-refractivity contribution in [1.29, 1.82) is 0 Å². The molecule has 1 aromatic carbocycles. The van der Waals surface area contributed by atoms with E-state index in [2.05, 4.69) is 0 Å². The molecule has 2 amide bonds. The molecule has 0 N–H and O–H groups in total. The van der Waals surface area contributed by atoms with Crippen LogP contribution in [0.4, 0.5) is 0 Å². The molecule has 3 heterocycles. The lowest BCUT2D eigenvalue weighted by Gasteiger charge is -2.31. The van der Waals surface area contributed by atoms with Gasteiger partial charge in [0.15, 0.2) is 5.76 Å². The van der Waals surface area contributed by atoms with Crippen molar-refractivity contribution in [1.82, 2.24) is 9.80 Å². The van der Waals surface area contributed by atoms with Crippen LogP contribution in [0.25, 0.3) is 0 Å². The van der Waals surface area contributed by atoms with E-state index in [4.69, 9.17) is 18.6 Å². The second kappa shape index (κ2) is 8.79. The Bertz CT molecular complexity index is 891. The lowest BCUT2D eigenvalue weighted by atomic mass is 9.87. The monoisotopic (exact) mass is 414 g/mol. The molecule has 2 aliphatic rings. The van der Waals surface area contributed by atoms with Crippen LogP contribution >= 0.6 is 0 Å². The molecule has 0 unspecified atom stereocenters. The van der Waals surface area contributed by atoms with Crippen LogP contribution in [-0.4, -0.2) is 75.2 Å². The molecule has 0 aliphatic carbocycles. The zero-order valence-electron chi connectivity index (χ0n) is 17.2. The first-order valence-electron chi connectivity index (χ1n) is 10.0. The SMILES string of the molecule is COc1ccc([C@@H]2CN(C(=O)c3ccco3)C[C@H]2C(=O)N2CCOCC2)c(OC)c1. The van der Waals surface area contributed by atoms with Crippen molar-refractivity contribution in [2.45, 2.75) is 5.92 Å². The molecule has 0 saturated carbocycles. The molecule has 1 aromatic heterocycles. The van der Waals surface area contributed by atoms with Crippen molar-refractivity contribution < 1.29 is 28.2 Å². The van der Waals surface area contributed by atoms with Gasteiger partial charge in [-0.2, -0.15) is 0 Å². The van der Waals surface area contributed by atoms with Gasteiger partial charge in [0.2, 0.25) is 5.91 Å². The summed E-state index contributed by atoms with van der Waals surface area (Å²) in [6.07, 6.45) is 1.48. The molecule has 8 nitrogen and oxygen atoms in total. The Morgan fingerprint density at radius 2 is 1.83 bits per heavy atom. The number of carbonyl (C=O) groups excluding carboxylic acids is 2. The molecule has 2 fully saturated rings. The zero-order chi connectivity index (χ0) is 21.1. The minimum Gasteiger partial charge on any atom is -0.497 e. The van der Waals surface area contributed by atoms with Crippen LogP contribution in [-0.2, 0) is 9.53 Å². The van der Waals surface area contributed by atoms with E-state index < -0.39 is 0 Å². The number of hydrogen-bond donors (Lipinski definition) is 0. The van der Waals surface area contributed by atoms with Gasteiger partial charge in [0, 0.05) is 43.7 Å².